The first-order valence-electron chi connectivity index (χ1n) is 9.66. The van der Waals surface area contributed by atoms with Crippen LogP contribution in [-0.2, 0) is 5.41 Å². The van der Waals surface area contributed by atoms with Gasteiger partial charge in [-0.15, -0.1) is 0 Å². The Kier molecular flexibility index (Phi) is 3.92. The van der Waals surface area contributed by atoms with Crippen molar-refractivity contribution in [1.29, 1.82) is 0 Å². The van der Waals surface area contributed by atoms with E-state index in [2.05, 4.69) is 100.0 Å². The van der Waals surface area contributed by atoms with Crippen LogP contribution < -0.4 is 4.90 Å². The van der Waals surface area contributed by atoms with E-state index in [1.807, 2.05) is 12.4 Å². The number of rotatable bonds is 2. The SMILES string of the molecule is Cc1ccc2c(c1)C(C)(C)c1cccc(N(c3ccncc3)C(C)(C)C)c1-2. The first kappa shape index (κ1) is 17.8. The summed E-state index contributed by atoms with van der Waals surface area (Å²) in [7, 11) is 0. The van der Waals surface area contributed by atoms with Crippen LogP contribution in [0.15, 0.2) is 60.9 Å². The van der Waals surface area contributed by atoms with Crippen molar-refractivity contribution >= 4 is 11.4 Å². The average molecular weight is 357 g/mol. The first-order valence-corrected chi connectivity index (χ1v) is 9.66. The van der Waals surface area contributed by atoms with E-state index in [-0.39, 0.29) is 11.0 Å². The smallest absolute Gasteiger partial charge is 0.0498 e. The van der Waals surface area contributed by atoms with Gasteiger partial charge >= 0.3 is 0 Å². The second-order valence-electron chi connectivity index (χ2n) is 9.09. The number of fused-ring (bicyclic) bond motifs is 3. The number of benzene rings is 2. The van der Waals surface area contributed by atoms with Gasteiger partial charge in [-0.05, 0) is 62.6 Å². The van der Waals surface area contributed by atoms with Crippen LogP contribution in [0.3, 0.4) is 0 Å². The highest BCUT2D eigenvalue weighted by molar-refractivity contribution is 5.92. The Hall–Kier alpha value is -2.61. The third kappa shape index (κ3) is 2.75. The monoisotopic (exact) mass is 356 g/mol. The Bertz CT molecular complexity index is 995. The molecule has 1 aliphatic rings. The zero-order valence-corrected chi connectivity index (χ0v) is 17.2. The largest absolute Gasteiger partial charge is 0.335 e. The summed E-state index contributed by atoms with van der Waals surface area (Å²) in [6.07, 6.45) is 3.75. The zero-order chi connectivity index (χ0) is 19.4. The van der Waals surface area contributed by atoms with E-state index in [1.165, 1.54) is 39.2 Å². The third-order valence-corrected chi connectivity index (χ3v) is 5.67. The first-order chi connectivity index (χ1) is 12.7. The molecule has 0 saturated carbocycles. The van der Waals surface area contributed by atoms with Crippen molar-refractivity contribution in [1.82, 2.24) is 4.98 Å². The van der Waals surface area contributed by atoms with Crippen LogP contribution in [0.2, 0.25) is 0 Å². The summed E-state index contributed by atoms with van der Waals surface area (Å²) in [5.41, 5.74) is 9.26. The maximum atomic E-state index is 4.22. The van der Waals surface area contributed by atoms with Crippen molar-refractivity contribution in [2.24, 2.45) is 0 Å². The second-order valence-corrected chi connectivity index (χ2v) is 9.09. The van der Waals surface area contributed by atoms with Gasteiger partial charge < -0.3 is 4.90 Å². The van der Waals surface area contributed by atoms with Crippen LogP contribution in [0.1, 0.15) is 51.3 Å². The standard InChI is InChI=1S/C25H28N2/c1-17-10-11-19-21(16-17)25(5,6)20-8-7-9-22(23(19)20)27(24(2,3)4)18-12-14-26-15-13-18/h7-16H,1-6H3. The van der Waals surface area contributed by atoms with Gasteiger partial charge in [-0.1, -0.05) is 49.7 Å². The summed E-state index contributed by atoms with van der Waals surface area (Å²) in [5.74, 6) is 0. The quantitative estimate of drug-likeness (QED) is 0.512. The Morgan fingerprint density at radius 2 is 1.59 bits per heavy atom. The van der Waals surface area contributed by atoms with Crippen LogP contribution in [-0.4, -0.2) is 10.5 Å². The van der Waals surface area contributed by atoms with E-state index >= 15 is 0 Å². The third-order valence-electron chi connectivity index (χ3n) is 5.67. The highest BCUT2D eigenvalue weighted by atomic mass is 15.2. The van der Waals surface area contributed by atoms with E-state index in [0.717, 1.165) is 0 Å². The lowest BCUT2D eigenvalue weighted by molar-refractivity contribution is 0.560. The molecular formula is C25H28N2. The minimum Gasteiger partial charge on any atom is -0.335 e. The number of hydrogen-bond acceptors (Lipinski definition) is 2. The van der Waals surface area contributed by atoms with Crippen LogP contribution in [0.5, 0.6) is 0 Å². The maximum Gasteiger partial charge on any atom is 0.0498 e. The summed E-state index contributed by atoms with van der Waals surface area (Å²) < 4.78 is 0. The molecule has 2 heteroatoms. The highest BCUT2D eigenvalue weighted by Gasteiger charge is 2.38. The Morgan fingerprint density at radius 3 is 2.26 bits per heavy atom. The molecule has 3 aromatic rings. The molecule has 0 unspecified atom stereocenters. The van der Waals surface area contributed by atoms with Crippen LogP contribution >= 0.6 is 0 Å². The molecule has 4 rings (SSSR count). The molecule has 138 valence electrons. The maximum absolute atomic E-state index is 4.22. The summed E-state index contributed by atoms with van der Waals surface area (Å²) >= 11 is 0. The van der Waals surface area contributed by atoms with Crippen molar-refractivity contribution in [2.45, 2.75) is 52.5 Å². The number of aromatic nitrogens is 1. The van der Waals surface area contributed by atoms with Gasteiger partial charge in [0.2, 0.25) is 0 Å². The van der Waals surface area contributed by atoms with Crippen molar-refractivity contribution in [2.75, 3.05) is 4.90 Å². The predicted molar refractivity (Wildman–Crippen MR) is 115 cm³/mol. The van der Waals surface area contributed by atoms with Gasteiger partial charge in [0.15, 0.2) is 0 Å². The normalized spacial score (nSPS) is 14.6. The number of aryl methyl sites for hydroxylation is 1. The summed E-state index contributed by atoms with van der Waals surface area (Å²) in [5, 5.41) is 0. The van der Waals surface area contributed by atoms with Gasteiger partial charge in [0.25, 0.3) is 0 Å². The lowest BCUT2D eigenvalue weighted by atomic mass is 9.82. The Balaban J connectivity index is 2.03. The Labute approximate surface area is 162 Å². The number of hydrogen-bond donors (Lipinski definition) is 0. The molecule has 1 heterocycles. The van der Waals surface area contributed by atoms with Gasteiger partial charge in [-0.2, -0.15) is 0 Å². The van der Waals surface area contributed by atoms with Gasteiger partial charge in [0.05, 0.1) is 0 Å². The minimum absolute atomic E-state index is 0.00843. The second kappa shape index (κ2) is 5.95. The van der Waals surface area contributed by atoms with E-state index in [9.17, 15) is 0 Å². The predicted octanol–water partition coefficient (Wildman–Crippen LogP) is 6.63. The average Bonchev–Trinajstić information content (AvgIpc) is 2.83. The fourth-order valence-electron chi connectivity index (χ4n) is 4.45. The summed E-state index contributed by atoms with van der Waals surface area (Å²) in [4.78, 5) is 6.66. The summed E-state index contributed by atoms with van der Waals surface area (Å²) in [6.45, 7) is 13.7. The van der Waals surface area contributed by atoms with E-state index in [4.69, 9.17) is 0 Å². The lowest BCUT2D eigenvalue weighted by Gasteiger charge is -2.39. The molecule has 0 amide bonds. The van der Waals surface area contributed by atoms with Crippen LogP contribution in [0.25, 0.3) is 11.1 Å². The molecule has 0 aliphatic heterocycles. The molecule has 0 atom stereocenters. The fraction of sp³-hybridized carbons (Fsp3) is 0.320. The molecule has 2 nitrogen and oxygen atoms in total. The number of pyridine rings is 1. The molecule has 0 saturated heterocycles. The molecule has 0 fully saturated rings. The molecule has 1 aromatic heterocycles. The van der Waals surface area contributed by atoms with Crippen LogP contribution in [0, 0.1) is 6.92 Å². The topological polar surface area (TPSA) is 16.1 Å². The molecule has 0 radical (unpaired) electrons. The number of anilines is 2. The molecular weight excluding hydrogens is 328 g/mol. The van der Waals surface area contributed by atoms with Crippen molar-refractivity contribution < 1.29 is 0 Å². The van der Waals surface area contributed by atoms with Crippen LogP contribution in [0.4, 0.5) is 11.4 Å². The molecule has 0 bridgehead atoms. The molecule has 0 N–H and O–H groups in total. The van der Waals surface area contributed by atoms with Crippen molar-refractivity contribution in [3.63, 3.8) is 0 Å². The summed E-state index contributed by atoms with van der Waals surface area (Å²) in [6, 6.07) is 17.8. The molecule has 0 spiro atoms. The van der Waals surface area contributed by atoms with Crippen molar-refractivity contribution in [3.8, 4) is 11.1 Å². The van der Waals surface area contributed by atoms with E-state index in [0.29, 0.717) is 0 Å². The minimum atomic E-state index is -0.0614. The van der Waals surface area contributed by atoms with Gasteiger partial charge in [-0.25, -0.2) is 0 Å². The fourth-order valence-corrected chi connectivity index (χ4v) is 4.45. The number of nitrogens with zero attached hydrogens (tertiary/aromatic N) is 2. The molecule has 2 aromatic carbocycles. The van der Waals surface area contributed by atoms with E-state index < -0.39 is 0 Å². The zero-order valence-electron chi connectivity index (χ0n) is 17.2. The van der Waals surface area contributed by atoms with Crippen molar-refractivity contribution in [3.05, 3.63) is 77.6 Å². The molecule has 1 aliphatic carbocycles. The Morgan fingerprint density at radius 1 is 0.889 bits per heavy atom. The van der Waals surface area contributed by atoms with Gasteiger partial charge in [-0.3, -0.25) is 4.98 Å². The van der Waals surface area contributed by atoms with E-state index in [1.54, 1.807) is 0 Å². The van der Waals surface area contributed by atoms with Gasteiger partial charge in [0.1, 0.15) is 0 Å². The molecule has 27 heavy (non-hydrogen) atoms. The lowest BCUT2D eigenvalue weighted by Crippen LogP contribution is -2.38. The van der Waals surface area contributed by atoms with Gasteiger partial charge in [0, 0.05) is 40.3 Å². The highest BCUT2D eigenvalue weighted by Crippen LogP contribution is 2.53.